The summed E-state index contributed by atoms with van der Waals surface area (Å²) in [6.45, 7) is 4.15. The third kappa shape index (κ3) is 4.97. The van der Waals surface area contributed by atoms with Crippen molar-refractivity contribution < 1.29 is 0 Å². The molecule has 0 bridgehead atoms. The first-order valence-electron chi connectivity index (χ1n) is 10.1. The number of hydrogen-bond acceptors (Lipinski definition) is 4. The van der Waals surface area contributed by atoms with Gasteiger partial charge in [0, 0.05) is 20.2 Å². The lowest BCUT2D eigenvalue weighted by molar-refractivity contribution is 0.613. The lowest BCUT2D eigenvalue weighted by atomic mass is 10.1. The minimum Gasteiger partial charge on any atom is -0.267 e. The molecule has 0 fully saturated rings. The molecule has 0 aliphatic carbocycles. The van der Waals surface area contributed by atoms with Crippen LogP contribution in [0.1, 0.15) is 37.6 Å². The summed E-state index contributed by atoms with van der Waals surface area (Å²) in [4.78, 5) is 20.3. The number of halogens is 1. The molecular weight excluding hydrogens is 470 g/mol. The van der Waals surface area contributed by atoms with Crippen LogP contribution in [0.25, 0.3) is 10.9 Å². The fraction of sp³-hybridized carbons (Fsp3) is 0.160. The fourth-order valence-electron chi connectivity index (χ4n) is 3.15. The molecule has 1 heterocycles. The highest BCUT2D eigenvalue weighted by molar-refractivity contribution is 9.10. The molecule has 0 spiro atoms. The van der Waals surface area contributed by atoms with Crippen molar-refractivity contribution in [2.24, 2.45) is 5.10 Å². The average molecular weight is 492 g/mol. The monoisotopic (exact) mass is 491 g/mol. The molecule has 0 amide bonds. The highest BCUT2D eigenvalue weighted by Crippen LogP contribution is 2.27. The van der Waals surface area contributed by atoms with Crippen molar-refractivity contribution in [2.45, 2.75) is 36.0 Å². The molecule has 4 rings (SSSR count). The van der Waals surface area contributed by atoms with Crippen molar-refractivity contribution in [3.8, 4) is 0 Å². The van der Waals surface area contributed by atoms with Crippen LogP contribution in [0.5, 0.6) is 0 Å². The second-order valence-electron chi connectivity index (χ2n) is 7.29. The van der Waals surface area contributed by atoms with Crippen molar-refractivity contribution in [1.29, 1.82) is 0 Å². The molecule has 156 valence electrons. The second kappa shape index (κ2) is 9.62. The molecule has 0 radical (unpaired) electrons. The molecule has 4 aromatic rings. The van der Waals surface area contributed by atoms with Crippen molar-refractivity contribution in [1.82, 2.24) is 9.66 Å². The maximum absolute atomic E-state index is 13.2. The zero-order chi connectivity index (χ0) is 21.8. The second-order valence-corrected chi connectivity index (χ2v) is 9.35. The van der Waals surface area contributed by atoms with Gasteiger partial charge in [-0.15, -0.1) is 0 Å². The predicted molar refractivity (Wildman–Crippen MR) is 132 cm³/mol. The van der Waals surface area contributed by atoms with Crippen LogP contribution in [0.3, 0.4) is 0 Å². The molecule has 0 aliphatic heterocycles. The molecule has 0 N–H and O–H groups in total. The molecule has 0 aliphatic rings. The van der Waals surface area contributed by atoms with Crippen molar-refractivity contribution in [3.05, 3.63) is 99.0 Å². The molecule has 1 atom stereocenters. The molecule has 0 saturated carbocycles. The van der Waals surface area contributed by atoms with Gasteiger partial charge in [-0.3, -0.25) is 4.79 Å². The topological polar surface area (TPSA) is 47.2 Å². The molecule has 0 unspecified atom stereocenters. The Kier molecular flexibility index (Phi) is 6.68. The number of nitrogens with zero attached hydrogens (tertiary/aromatic N) is 3. The number of benzene rings is 3. The molecule has 4 nitrogen and oxygen atoms in total. The van der Waals surface area contributed by atoms with E-state index in [1.165, 1.54) is 9.57 Å². The van der Waals surface area contributed by atoms with Gasteiger partial charge in [0.2, 0.25) is 0 Å². The van der Waals surface area contributed by atoms with E-state index in [-0.39, 0.29) is 11.5 Å². The quantitative estimate of drug-likeness (QED) is 0.281. The SMILES string of the molecule is CC[C@@H](C)c1nc2ccc(Br)cc2c(=O)n1N=Cc1ccc(Sc2ccccc2)cc1. The summed E-state index contributed by atoms with van der Waals surface area (Å²) in [5, 5.41) is 5.08. The molecule has 3 aromatic carbocycles. The Morgan fingerprint density at radius 2 is 1.77 bits per heavy atom. The van der Waals surface area contributed by atoms with E-state index in [4.69, 9.17) is 4.98 Å². The third-order valence-corrected chi connectivity index (χ3v) is 6.58. The highest BCUT2D eigenvalue weighted by Gasteiger charge is 2.15. The summed E-state index contributed by atoms with van der Waals surface area (Å²) in [5.41, 5.74) is 1.46. The van der Waals surface area contributed by atoms with Crippen LogP contribution in [0, 0.1) is 0 Å². The molecule has 31 heavy (non-hydrogen) atoms. The Morgan fingerprint density at radius 3 is 2.48 bits per heavy atom. The van der Waals surface area contributed by atoms with Gasteiger partial charge < -0.3 is 0 Å². The van der Waals surface area contributed by atoms with Gasteiger partial charge >= 0.3 is 0 Å². The van der Waals surface area contributed by atoms with E-state index >= 15 is 0 Å². The van der Waals surface area contributed by atoms with Crippen molar-refractivity contribution in [3.63, 3.8) is 0 Å². The Morgan fingerprint density at radius 1 is 1.06 bits per heavy atom. The normalized spacial score (nSPS) is 12.5. The molecule has 6 heteroatoms. The van der Waals surface area contributed by atoms with E-state index in [0.717, 1.165) is 21.4 Å². The zero-order valence-electron chi connectivity index (χ0n) is 17.3. The van der Waals surface area contributed by atoms with Gasteiger partial charge in [-0.05, 0) is 54.4 Å². The number of fused-ring (bicyclic) bond motifs is 1. The first kappa shape index (κ1) is 21.5. The molecule has 0 saturated heterocycles. The Balaban J connectivity index is 1.67. The lowest BCUT2D eigenvalue weighted by Crippen LogP contribution is -2.23. The minimum absolute atomic E-state index is 0.113. The standard InChI is InChI=1S/C25H22BrN3OS/c1-3-17(2)24-28-23-14-11-19(26)15-22(23)25(30)29(24)27-16-18-9-12-21(13-10-18)31-20-7-5-4-6-8-20/h4-17H,3H2,1-2H3/t17-/m1/s1. The highest BCUT2D eigenvalue weighted by atomic mass is 79.9. The van der Waals surface area contributed by atoms with Crippen LogP contribution in [-0.4, -0.2) is 15.9 Å². The van der Waals surface area contributed by atoms with Crippen molar-refractivity contribution in [2.75, 3.05) is 0 Å². The predicted octanol–water partition coefficient (Wildman–Crippen LogP) is 6.71. The summed E-state index contributed by atoms with van der Waals surface area (Å²) >= 11 is 5.15. The smallest absolute Gasteiger partial charge is 0.267 e. The van der Waals surface area contributed by atoms with E-state index in [2.05, 4.69) is 59.1 Å². The summed E-state index contributed by atoms with van der Waals surface area (Å²) in [6.07, 6.45) is 2.59. The van der Waals surface area contributed by atoms with E-state index in [0.29, 0.717) is 16.7 Å². The molecule has 1 aromatic heterocycles. The van der Waals surface area contributed by atoms with Crippen LogP contribution in [0.15, 0.2) is 97.0 Å². The average Bonchev–Trinajstić information content (AvgIpc) is 2.80. The van der Waals surface area contributed by atoms with Gasteiger partial charge in [0.05, 0.1) is 17.1 Å². The van der Waals surface area contributed by atoms with Gasteiger partial charge in [0.25, 0.3) is 5.56 Å². The van der Waals surface area contributed by atoms with E-state index in [9.17, 15) is 4.79 Å². The summed E-state index contributed by atoms with van der Waals surface area (Å²) < 4.78 is 2.28. The number of rotatable bonds is 6. The Hall–Kier alpha value is -2.70. The Labute approximate surface area is 194 Å². The van der Waals surface area contributed by atoms with Crippen molar-refractivity contribution >= 4 is 44.8 Å². The van der Waals surface area contributed by atoms with Crippen LogP contribution in [-0.2, 0) is 0 Å². The Bertz CT molecular complexity index is 1280. The first-order valence-corrected chi connectivity index (χ1v) is 11.8. The first-order chi connectivity index (χ1) is 15.0. The van der Waals surface area contributed by atoms with Gasteiger partial charge in [0.15, 0.2) is 0 Å². The number of hydrogen-bond donors (Lipinski definition) is 0. The third-order valence-electron chi connectivity index (χ3n) is 5.07. The maximum atomic E-state index is 13.2. The van der Waals surface area contributed by atoms with E-state index in [1.807, 2.05) is 42.5 Å². The zero-order valence-corrected chi connectivity index (χ0v) is 19.7. The van der Waals surface area contributed by atoms with Crippen LogP contribution >= 0.6 is 27.7 Å². The summed E-state index contributed by atoms with van der Waals surface area (Å²) in [5.74, 6) is 0.789. The minimum atomic E-state index is -0.158. The lowest BCUT2D eigenvalue weighted by Gasteiger charge is -2.14. The van der Waals surface area contributed by atoms with Gasteiger partial charge in [-0.25, -0.2) is 4.98 Å². The maximum Gasteiger partial charge on any atom is 0.282 e. The summed E-state index contributed by atoms with van der Waals surface area (Å²) in [7, 11) is 0. The molecular formula is C25H22BrN3OS. The van der Waals surface area contributed by atoms with Gasteiger partial charge in [-0.1, -0.05) is 71.9 Å². The van der Waals surface area contributed by atoms with Gasteiger partial charge in [0.1, 0.15) is 5.82 Å². The van der Waals surface area contributed by atoms with E-state index in [1.54, 1.807) is 24.0 Å². The van der Waals surface area contributed by atoms with Gasteiger partial charge in [-0.2, -0.15) is 9.78 Å². The summed E-state index contributed by atoms with van der Waals surface area (Å²) in [6, 6.07) is 24.0. The van der Waals surface area contributed by atoms with Crippen LogP contribution in [0.2, 0.25) is 0 Å². The van der Waals surface area contributed by atoms with Crippen LogP contribution < -0.4 is 5.56 Å². The number of aromatic nitrogens is 2. The van der Waals surface area contributed by atoms with Crippen LogP contribution in [0.4, 0.5) is 0 Å². The largest absolute Gasteiger partial charge is 0.282 e. The fourth-order valence-corrected chi connectivity index (χ4v) is 4.35. The van der Waals surface area contributed by atoms with E-state index < -0.39 is 0 Å².